The number of carbonyl (C=O) groups excluding carboxylic acids is 1. The highest BCUT2D eigenvalue weighted by atomic mass is 16.5. The second kappa shape index (κ2) is 9.22. The molecule has 3 aromatic rings. The Hall–Kier alpha value is -3.67. The van der Waals surface area contributed by atoms with Crippen molar-refractivity contribution in [2.45, 2.75) is 12.3 Å². The molecule has 0 saturated carbocycles. The third-order valence-corrected chi connectivity index (χ3v) is 5.13. The first-order valence-electron chi connectivity index (χ1n) is 10.0. The largest absolute Gasteiger partial charge is 0.449 e. The highest BCUT2D eigenvalue weighted by molar-refractivity contribution is 5.79. The number of nitrogens with zero attached hydrogens (tertiary/aromatic N) is 2. The molecule has 152 valence electrons. The standard InChI is InChI=1S/C24H24N4O2/c1-25-23-27-14-17(15-28-23)8-6-7-13-26-24(29)30-16-22-20-11-4-2-9-18(20)19-10-3-5-12-21(19)22/h2-6,8-12,14-15,22H,7,13,16H2,1H3,(H,26,29)(H,25,27,28). The van der Waals surface area contributed by atoms with E-state index in [9.17, 15) is 4.79 Å². The summed E-state index contributed by atoms with van der Waals surface area (Å²) >= 11 is 0. The maximum absolute atomic E-state index is 12.1. The zero-order valence-corrected chi connectivity index (χ0v) is 16.8. The summed E-state index contributed by atoms with van der Waals surface area (Å²) in [7, 11) is 1.78. The van der Waals surface area contributed by atoms with E-state index >= 15 is 0 Å². The molecule has 2 aromatic carbocycles. The molecular weight excluding hydrogens is 376 g/mol. The number of hydrogen-bond acceptors (Lipinski definition) is 5. The van der Waals surface area contributed by atoms with Crippen molar-refractivity contribution in [1.29, 1.82) is 0 Å². The van der Waals surface area contributed by atoms with Gasteiger partial charge in [-0.25, -0.2) is 14.8 Å². The van der Waals surface area contributed by atoms with Crippen LogP contribution in [0.25, 0.3) is 17.2 Å². The summed E-state index contributed by atoms with van der Waals surface area (Å²) in [6.07, 6.45) is 7.69. The molecule has 1 amide bonds. The van der Waals surface area contributed by atoms with Crippen LogP contribution in [0.4, 0.5) is 10.7 Å². The molecule has 1 aromatic heterocycles. The Balaban J connectivity index is 1.26. The molecule has 0 unspecified atom stereocenters. The van der Waals surface area contributed by atoms with E-state index in [-0.39, 0.29) is 5.92 Å². The van der Waals surface area contributed by atoms with Crippen LogP contribution in [0.5, 0.6) is 0 Å². The molecule has 4 rings (SSSR count). The Bertz CT molecular complexity index is 1000. The van der Waals surface area contributed by atoms with E-state index in [0.29, 0.717) is 25.5 Å². The molecule has 1 aliphatic carbocycles. The van der Waals surface area contributed by atoms with E-state index in [2.05, 4.69) is 44.9 Å². The average molecular weight is 400 g/mol. The second-order valence-corrected chi connectivity index (χ2v) is 7.03. The molecule has 30 heavy (non-hydrogen) atoms. The lowest BCUT2D eigenvalue weighted by Gasteiger charge is -2.14. The Labute approximate surface area is 176 Å². The zero-order chi connectivity index (χ0) is 20.8. The molecule has 0 aliphatic heterocycles. The summed E-state index contributed by atoms with van der Waals surface area (Å²) in [6, 6.07) is 16.6. The maximum atomic E-state index is 12.1. The van der Waals surface area contributed by atoms with E-state index in [1.807, 2.05) is 36.4 Å². The smallest absolute Gasteiger partial charge is 0.407 e. The molecule has 1 heterocycles. The van der Waals surface area contributed by atoms with E-state index in [1.54, 1.807) is 19.4 Å². The third-order valence-electron chi connectivity index (χ3n) is 5.13. The molecule has 0 fully saturated rings. The lowest BCUT2D eigenvalue weighted by Crippen LogP contribution is -2.26. The van der Waals surface area contributed by atoms with Gasteiger partial charge < -0.3 is 15.4 Å². The van der Waals surface area contributed by atoms with Gasteiger partial charge in [0, 0.05) is 37.5 Å². The number of benzene rings is 2. The minimum Gasteiger partial charge on any atom is -0.449 e. The van der Waals surface area contributed by atoms with Crippen molar-refractivity contribution in [1.82, 2.24) is 15.3 Å². The number of anilines is 1. The fourth-order valence-corrected chi connectivity index (χ4v) is 3.68. The van der Waals surface area contributed by atoms with Gasteiger partial charge in [-0.15, -0.1) is 0 Å². The number of fused-ring (bicyclic) bond motifs is 3. The Morgan fingerprint density at radius 2 is 1.67 bits per heavy atom. The summed E-state index contributed by atoms with van der Waals surface area (Å²) < 4.78 is 5.53. The van der Waals surface area contributed by atoms with Crippen LogP contribution < -0.4 is 10.6 Å². The molecule has 0 radical (unpaired) electrons. The predicted molar refractivity (Wildman–Crippen MR) is 118 cm³/mol. The first kappa shape index (κ1) is 19.6. The lowest BCUT2D eigenvalue weighted by atomic mass is 9.98. The summed E-state index contributed by atoms with van der Waals surface area (Å²) in [6.45, 7) is 0.827. The summed E-state index contributed by atoms with van der Waals surface area (Å²) in [5.41, 5.74) is 5.77. The number of alkyl carbamates (subject to hydrolysis) is 1. The van der Waals surface area contributed by atoms with Crippen LogP contribution in [-0.2, 0) is 4.74 Å². The Kier molecular flexibility index (Phi) is 6.03. The predicted octanol–water partition coefficient (Wildman–Crippen LogP) is 4.46. The SMILES string of the molecule is CNc1ncc(C=CCCNC(=O)OCC2c3ccccc3-c3ccccc32)cn1. The van der Waals surface area contributed by atoms with Gasteiger partial charge in [-0.05, 0) is 28.7 Å². The number of nitrogens with one attached hydrogen (secondary N) is 2. The minimum absolute atomic E-state index is 0.0728. The third kappa shape index (κ3) is 4.33. The van der Waals surface area contributed by atoms with Crippen LogP contribution in [0.3, 0.4) is 0 Å². The molecule has 6 heteroatoms. The van der Waals surface area contributed by atoms with Gasteiger partial charge in [-0.2, -0.15) is 0 Å². The van der Waals surface area contributed by atoms with Crippen molar-refractivity contribution in [2.75, 3.05) is 25.5 Å². The number of ether oxygens (including phenoxy) is 1. The van der Waals surface area contributed by atoms with Crippen molar-refractivity contribution in [3.63, 3.8) is 0 Å². The van der Waals surface area contributed by atoms with Gasteiger partial charge >= 0.3 is 6.09 Å². The molecule has 0 bridgehead atoms. The molecule has 1 aliphatic rings. The summed E-state index contributed by atoms with van der Waals surface area (Å²) in [5, 5.41) is 5.68. The first-order chi connectivity index (χ1) is 14.8. The van der Waals surface area contributed by atoms with Crippen LogP contribution >= 0.6 is 0 Å². The maximum Gasteiger partial charge on any atom is 0.407 e. The van der Waals surface area contributed by atoms with Gasteiger partial charge in [-0.1, -0.05) is 60.7 Å². The Morgan fingerprint density at radius 1 is 1.03 bits per heavy atom. The normalized spacial score (nSPS) is 12.4. The number of rotatable bonds is 7. The van der Waals surface area contributed by atoms with E-state index < -0.39 is 6.09 Å². The molecule has 2 N–H and O–H groups in total. The molecule has 6 nitrogen and oxygen atoms in total. The molecular formula is C24H24N4O2. The highest BCUT2D eigenvalue weighted by Gasteiger charge is 2.28. The number of amides is 1. The fourth-order valence-electron chi connectivity index (χ4n) is 3.68. The topological polar surface area (TPSA) is 76.1 Å². The number of carbonyl (C=O) groups is 1. The van der Waals surface area contributed by atoms with Crippen LogP contribution in [0.15, 0.2) is 67.0 Å². The Morgan fingerprint density at radius 3 is 2.30 bits per heavy atom. The van der Waals surface area contributed by atoms with E-state index in [1.165, 1.54) is 22.3 Å². The molecule has 0 spiro atoms. The van der Waals surface area contributed by atoms with Crippen molar-refractivity contribution in [2.24, 2.45) is 0 Å². The van der Waals surface area contributed by atoms with Crippen molar-refractivity contribution in [3.8, 4) is 11.1 Å². The zero-order valence-electron chi connectivity index (χ0n) is 16.8. The first-order valence-corrected chi connectivity index (χ1v) is 10.0. The van der Waals surface area contributed by atoms with Crippen LogP contribution in [0, 0.1) is 0 Å². The summed E-state index contributed by atoms with van der Waals surface area (Å²) in [5.74, 6) is 0.660. The monoisotopic (exact) mass is 400 g/mol. The minimum atomic E-state index is -0.396. The quantitative estimate of drug-likeness (QED) is 0.573. The fraction of sp³-hybridized carbons (Fsp3) is 0.208. The van der Waals surface area contributed by atoms with Crippen molar-refractivity contribution < 1.29 is 9.53 Å². The van der Waals surface area contributed by atoms with Gasteiger partial charge in [0.2, 0.25) is 5.95 Å². The van der Waals surface area contributed by atoms with Gasteiger partial charge in [0.1, 0.15) is 6.61 Å². The summed E-state index contributed by atoms with van der Waals surface area (Å²) in [4.78, 5) is 20.5. The van der Waals surface area contributed by atoms with Gasteiger partial charge in [0.25, 0.3) is 0 Å². The van der Waals surface area contributed by atoms with Crippen molar-refractivity contribution in [3.05, 3.63) is 83.7 Å². The van der Waals surface area contributed by atoms with Gasteiger partial charge in [0.15, 0.2) is 0 Å². The van der Waals surface area contributed by atoms with Gasteiger partial charge in [-0.3, -0.25) is 0 Å². The highest BCUT2D eigenvalue weighted by Crippen LogP contribution is 2.44. The molecule has 0 atom stereocenters. The van der Waals surface area contributed by atoms with E-state index in [0.717, 1.165) is 5.56 Å². The van der Waals surface area contributed by atoms with Gasteiger partial charge in [0.05, 0.1) is 0 Å². The molecule has 0 saturated heterocycles. The van der Waals surface area contributed by atoms with Crippen LogP contribution in [0.1, 0.15) is 29.0 Å². The van der Waals surface area contributed by atoms with E-state index in [4.69, 9.17) is 4.74 Å². The number of hydrogen-bond donors (Lipinski definition) is 2. The van der Waals surface area contributed by atoms with Crippen molar-refractivity contribution >= 4 is 18.1 Å². The van der Waals surface area contributed by atoms with Crippen LogP contribution in [0.2, 0.25) is 0 Å². The number of aromatic nitrogens is 2. The van der Waals surface area contributed by atoms with Crippen LogP contribution in [-0.4, -0.2) is 36.3 Å². The lowest BCUT2D eigenvalue weighted by molar-refractivity contribution is 0.143. The second-order valence-electron chi connectivity index (χ2n) is 7.03. The average Bonchev–Trinajstić information content (AvgIpc) is 3.12.